The van der Waals surface area contributed by atoms with Crippen LogP contribution in [-0.4, -0.2) is 42.5 Å². The molecule has 1 aromatic heterocycles. The Kier molecular flexibility index (Phi) is 7.86. The number of hydrogen-bond donors (Lipinski definition) is 2. The zero-order valence-electron chi connectivity index (χ0n) is 17.4. The van der Waals surface area contributed by atoms with Gasteiger partial charge in [-0.1, -0.05) is 30.7 Å². The summed E-state index contributed by atoms with van der Waals surface area (Å²) in [6.45, 7) is 9.32. The summed E-state index contributed by atoms with van der Waals surface area (Å²) in [5, 5.41) is 8.07. The summed E-state index contributed by atoms with van der Waals surface area (Å²) >= 11 is 1.79. The van der Waals surface area contributed by atoms with Crippen LogP contribution in [0.15, 0.2) is 29.3 Å². The lowest BCUT2D eigenvalue weighted by molar-refractivity contribution is 0.220. The van der Waals surface area contributed by atoms with Crippen LogP contribution in [0.3, 0.4) is 0 Å². The number of aliphatic imine (C=N–C) groups is 1. The van der Waals surface area contributed by atoms with Gasteiger partial charge in [0, 0.05) is 38.0 Å². The van der Waals surface area contributed by atoms with Gasteiger partial charge in [-0.15, -0.1) is 11.3 Å². The first-order chi connectivity index (χ1) is 13.7. The van der Waals surface area contributed by atoms with E-state index in [1.807, 2.05) is 7.05 Å². The van der Waals surface area contributed by atoms with Crippen LogP contribution in [-0.2, 0) is 19.5 Å². The molecule has 2 N–H and O–H groups in total. The zero-order valence-corrected chi connectivity index (χ0v) is 18.2. The van der Waals surface area contributed by atoms with Crippen molar-refractivity contribution in [3.05, 3.63) is 51.0 Å². The molecule has 0 saturated carbocycles. The fourth-order valence-corrected chi connectivity index (χ4v) is 4.51. The molecule has 0 amide bonds. The van der Waals surface area contributed by atoms with Gasteiger partial charge in [-0.3, -0.25) is 9.89 Å². The van der Waals surface area contributed by atoms with Crippen LogP contribution in [0.25, 0.3) is 0 Å². The average molecular weight is 400 g/mol. The van der Waals surface area contributed by atoms with Gasteiger partial charge in [0.25, 0.3) is 0 Å². The third kappa shape index (κ3) is 6.04. The highest BCUT2D eigenvalue weighted by molar-refractivity contribution is 7.11. The molecular weight excluding hydrogens is 366 g/mol. The third-order valence-corrected chi connectivity index (χ3v) is 6.47. The minimum atomic E-state index is 0.791. The topological polar surface area (TPSA) is 52.6 Å². The standard InChI is InChI=1S/C22H33N5S/c1-17-18(2)28-21(26-17)11-12-24-22(23-3)25-15-19-9-5-6-10-20(19)16-27-13-7-4-8-14-27/h5-6,9-10H,4,7-8,11-16H2,1-3H3,(H2,23,24,25). The highest BCUT2D eigenvalue weighted by atomic mass is 32.1. The van der Waals surface area contributed by atoms with Crippen molar-refractivity contribution in [3.63, 3.8) is 0 Å². The van der Waals surface area contributed by atoms with Crippen molar-refractivity contribution in [1.29, 1.82) is 0 Å². The summed E-state index contributed by atoms with van der Waals surface area (Å²) in [5.74, 6) is 0.845. The third-order valence-electron chi connectivity index (χ3n) is 5.34. The Labute approximate surface area is 173 Å². The molecule has 28 heavy (non-hydrogen) atoms. The number of piperidine rings is 1. The minimum absolute atomic E-state index is 0.791. The summed E-state index contributed by atoms with van der Waals surface area (Å²) < 4.78 is 0. The van der Waals surface area contributed by atoms with E-state index >= 15 is 0 Å². The van der Waals surface area contributed by atoms with E-state index in [1.165, 1.54) is 53.4 Å². The predicted octanol–water partition coefficient (Wildman–Crippen LogP) is 3.65. The van der Waals surface area contributed by atoms with Crippen LogP contribution in [0.4, 0.5) is 0 Å². The molecule has 0 unspecified atom stereocenters. The fourth-order valence-electron chi connectivity index (χ4n) is 3.58. The molecule has 5 nitrogen and oxygen atoms in total. The number of guanidine groups is 1. The Bertz CT molecular complexity index is 757. The number of likely N-dealkylation sites (tertiary alicyclic amines) is 1. The number of rotatable bonds is 7. The van der Waals surface area contributed by atoms with Crippen molar-refractivity contribution < 1.29 is 0 Å². The van der Waals surface area contributed by atoms with E-state index in [0.29, 0.717) is 0 Å². The van der Waals surface area contributed by atoms with Gasteiger partial charge in [0.1, 0.15) is 0 Å². The largest absolute Gasteiger partial charge is 0.356 e. The smallest absolute Gasteiger partial charge is 0.191 e. The lowest BCUT2D eigenvalue weighted by atomic mass is 10.0. The molecule has 0 aliphatic carbocycles. The summed E-state index contributed by atoms with van der Waals surface area (Å²) in [4.78, 5) is 12.9. The second kappa shape index (κ2) is 10.6. The Hall–Kier alpha value is -1.92. The van der Waals surface area contributed by atoms with Gasteiger partial charge >= 0.3 is 0 Å². The molecule has 1 saturated heterocycles. The van der Waals surface area contributed by atoms with Crippen LogP contribution < -0.4 is 10.6 Å². The SMILES string of the molecule is CN=C(NCCc1nc(C)c(C)s1)NCc1ccccc1CN1CCCCC1. The molecule has 0 radical (unpaired) electrons. The molecule has 6 heteroatoms. The van der Waals surface area contributed by atoms with E-state index in [9.17, 15) is 0 Å². The van der Waals surface area contributed by atoms with Gasteiger partial charge in [-0.25, -0.2) is 4.98 Å². The number of thiazole rings is 1. The number of aromatic nitrogens is 1. The van der Waals surface area contributed by atoms with Gasteiger partial charge in [-0.2, -0.15) is 0 Å². The molecule has 0 bridgehead atoms. The summed E-state index contributed by atoms with van der Waals surface area (Å²) in [6, 6.07) is 8.75. The van der Waals surface area contributed by atoms with E-state index in [1.54, 1.807) is 11.3 Å². The molecule has 2 aromatic rings. The predicted molar refractivity (Wildman–Crippen MR) is 119 cm³/mol. The maximum absolute atomic E-state index is 4.61. The van der Waals surface area contributed by atoms with E-state index in [-0.39, 0.29) is 0 Å². The second-order valence-corrected chi connectivity index (χ2v) is 8.75. The maximum atomic E-state index is 4.61. The molecule has 3 rings (SSSR count). The van der Waals surface area contributed by atoms with Crippen LogP contribution >= 0.6 is 11.3 Å². The molecule has 0 spiro atoms. The van der Waals surface area contributed by atoms with Crippen LogP contribution in [0.1, 0.15) is 46.0 Å². The summed E-state index contributed by atoms with van der Waals surface area (Å²) in [7, 11) is 1.83. The van der Waals surface area contributed by atoms with Crippen molar-refractivity contribution >= 4 is 17.3 Å². The molecule has 1 aliphatic heterocycles. The summed E-state index contributed by atoms with van der Waals surface area (Å²) in [5.41, 5.74) is 3.91. The Morgan fingerprint density at radius 3 is 2.54 bits per heavy atom. The quantitative estimate of drug-likeness (QED) is 0.551. The van der Waals surface area contributed by atoms with Crippen molar-refractivity contribution in [3.8, 4) is 0 Å². The van der Waals surface area contributed by atoms with Gasteiger partial charge < -0.3 is 10.6 Å². The van der Waals surface area contributed by atoms with Crippen LogP contribution in [0.2, 0.25) is 0 Å². The molecular formula is C22H33N5S. The lowest BCUT2D eigenvalue weighted by Gasteiger charge is -2.27. The van der Waals surface area contributed by atoms with Crippen LogP contribution in [0, 0.1) is 13.8 Å². The zero-order chi connectivity index (χ0) is 19.8. The molecule has 1 fully saturated rings. The summed E-state index contributed by atoms with van der Waals surface area (Å²) in [6.07, 6.45) is 4.96. The fraction of sp³-hybridized carbons (Fsp3) is 0.545. The van der Waals surface area contributed by atoms with Gasteiger partial charge in [-0.05, 0) is 50.9 Å². The highest BCUT2D eigenvalue weighted by Crippen LogP contribution is 2.17. The van der Waals surface area contributed by atoms with E-state index < -0.39 is 0 Å². The number of benzene rings is 1. The van der Waals surface area contributed by atoms with Gasteiger partial charge in [0.15, 0.2) is 5.96 Å². The number of nitrogens with zero attached hydrogens (tertiary/aromatic N) is 3. The Morgan fingerprint density at radius 1 is 1.11 bits per heavy atom. The van der Waals surface area contributed by atoms with E-state index in [4.69, 9.17) is 0 Å². The molecule has 0 atom stereocenters. The average Bonchev–Trinajstić information content (AvgIpc) is 3.03. The molecule has 2 heterocycles. The number of hydrogen-bond acceptors (Lipinski definition) is 4. The second-order valence-electron chi connectivity index (χ2n) is 7.46. The minimum Gasteiger partial charge on any atom is -0.356 e. The van der Waals surface area contributed by atoms with E-state index in [0.717, 1.165) is 37.7 Å². The first-order valence-electron chi connectivity index (χ1n) is 10.3. The Morgan fingerprint density at radius 2 is 1.86 bits per heavy atom. The molecule has 1 aromatic carbocycles. The molecule has 1 aliphatic rings. The first kappa shape index (κ1) is 20.8. The van der Waals surface area contributed by atoms with Crippen molar-refractivity contribution in [2.24, 2.45) is 4.99 Å². The van der Waals surface area contributed by atoms with Crippen LogP contribution in [0.5, 0.6) is 0 Å². The highest BCUT2D eigenvalue weighted by Gasteiger charge is 2.12. The number of nitrogens with one attached hydrogen (secondary N) is 2. The lowest BCUT2D eigenvalue weighted by Crippen LogP contribution is -2.38. The van der Waals surface area contributed by atoms with Crippen molar-refractivity contribution in [1.82, 2.24) is 20.5 Å². The normalized spacial score (nSPS) is 15.6. The molecule has 152 valence electrons. The van der Waals surface area contributed by atoms with Crippen molar-refractivity contribution in [2.75, 3.05) is 26.7 Å². The van der Waals surface area contributed by atoms with Crippen molar-refractivity contribution in [2.45, 2.75) is 52.6 Å². The monoisotopic (exact) mass is 399 g/mol. The maximum Gasteiger partial charge on any atom is 0.191 e. The Balaban J connectivity index is 1.49. The number of aryl methyl sites for hydroxylation is 2. The van der Waals surface area contributed by atoms with E-state index in [2.05, 4.69) is 63.6 Å². The van der Waals surface area contributed by atoms with Gasteiger partial charge in [0.05, 0.1) is 10.7 Å². The van der Waals surface area contributed by atoms with Gasteiger partial charge in [0.2, 0.25) is 0 Å². The first-order valence-corrected chi connectivity index (χ1v) is 11.1.